The van der Waals surface area contributed by atoms with Crippen LogP contribution in [0, 0.1) is 6.92 Å². The van der Waals surface area contributed by atoms with Crippen molar-refractivity contribution < 1.29 is 18.0 Å². The van der Waals surface area contributed by atoms with Crippen LogP contribution >= 0.6 is 15.9 Å². The van der Waals surface area contributed by atoms with Crippen LogP contribution in [-0.4, -0.2) is 51.0 Å². The lowest BCUT2D eigenvalue weighted by molar-refractivity contribution is -0.139. The number of hydrogen-bond donors (Lipinski definition) is 1. The molecule has 30 heavy (non-hydrogen) atoms. The average Bonchev–Trinajstić information content (AvgIpc) is 2.71. The Balaban J connectivity index is 2.38. The first kappa shape index (κ1) is 23.9. The van der Waals surface area contributed by atoms with Gasteiger partial charge in [0.2, 0.25) is 21.8 Å². The minimum Gasteiger partial charge on any atom is -0.357 e. The summed E-state index contributed by atoms with van der Waals surface area (Å²) in [6.07, 6.45) is 1.06. The van der Waals surface area contributed by atoms with E-state index in [0.29, 0.717) is 5.69 Å². The van der Waals surface area contributed by atoms with Crippen molar-refractivity contribution in [3.63, 3.8) is 0 Å². The highest BCUT2D eigenvalue weighted by Crippen LogP contribution is 2.25. The maximum absolute atomic E-state index is 13.2. The summed E-state index contributed by atoms with van der Waals surface area (Å²) in [4.78, 5) is 26.8. The zero-order chi connectivity index (χ0) is 22.5. The molecular formula is C21H26BrN3O4S. The molecule has 0 radical (unpaired) electrons. The lowest BCUT2D eigenvalue weighted by Gasteiger charge is -2.31. The van der Waals surface area contributed by atoms with Gasteiger partial charge in [0.05, 0.1) is 11.9 Å². The van der Waals surface area contributed by atoms with Crippen LogP contribution in [-0.2, 0) is 26.2 Å². The second kappa shape index (κ2) is 10.1. The summed E-state index contributed by atoms with van der Waals surface area (Å²) in [5, 5.41) is 2.54. The zero-order valence-corrected chi connectivity index (χ0v) is 19.8. The number of carbonyl (C=O) groups is 2. The fourth-order valence-corrected chi connectivity index (χ4v) is 4.06. The normalized spacial score (nSPS) is 12.2. The highest BCUT2D eigenvalue weighted by molar-refractivity contribution is 9.10. The van der Waals surface area contributed by atoms with Gasteiger partial charge in [-0.25, -0.2) is 8.42 Å². The Morgan fingerprint density at radius 2 is 1.77 bits per heavy atom. The van der Waals surface area contributed by atoms with Gasteiger partial charge in [-0.15, -0.1) is 0 Å². The molecule has 0 heterocycles. The van der Waals surface area contributed by atoms with Crippen LogP contribution in [0.2, 0.25) is 0 Å². The molecule has 9 heteroatoms. The van der Waals surface area contributed by atoms with Crippen LogP contribution in [0.4, 0.5) is 5.69 Å². The van der Waals surface area contributed by atoms with E-state index < -0.39 is 28.5 Å². The van der Waals surface area contributed by atoms with E-state index in [1.807, 2.05) is 37.3 Å². The van der Waals surface area contributed by atoms with Crippen LogP contribution in [0.15, 0.2) is 53.0 Å². The Kier molecular flexibility index (Phi) is 8.03. The molecule has 2 amide bonds. The monoisotopic (exact) mass is 495 g/mol. The minimum absolute atomic E-state index is 0.186. The molecule has 0 fully saturated rings. The van der Waals surface area contributed by atoms with Gasteiger partial charge in [0.25, 0.3) is 0 Å². The van der Waals surface area contributed by atoms with E-state index in [1.54, 1.807) is 25.1 Å². The SMILES string of the molecule is CNC(=O)C(C)N(Cc1ccccc1)C(=O)CN(c1ccc(Br)c(C)c1)S(C)(=O)=O. The fraction of sp³-hybridized carbons (Fsp3) is 0.333. The smallest absolute Gasteiger partial charge is 0.244 e. The van der Waals surface area contributed by atoms with Crippen molar-refractivity contribution in [2.45, 2.75) is 26.4 Å². The first-order valence-electron chi connectivity index (χ1n) is 9.33. The Hall–Kier alpha value is -2.39. The Morgan fingerprint density at radius 1 is 1.13 bits per heavy atom. The third-order valence-corrected chi connectivity index (χ3v) is 6.75. The summed E-state index contributed by atoms with van der Waals surface area (Å²) in [5.74, 6) is -0.800. The number of nitrogens with zero attached hydrogens (tertiary/aromatic N) is 2. The van der Waals surface area contributed by atoms with Gasteiger partial charge in [-0.3, -0.25) is 13.9 Å². The summed E-state index contributed by atoms with van der Waals surface area (Å²) in [6.45, 7) is 3.23. The molecule has 1 atom stereocenters. The van der Waals surface area contributed by atoms with Crippen molar-refractivity contribution >= 4 is 43.5 Å². The van der Waals surface area contributed by atoms with Gasteiger partial charge in [-0.05, 0) is 43.2 Å². The number of aryl methyl sites for hydroxylation is 1. The molecule has 7 nitrogen and oxygen atoms in total. The molecule has 162 valence electrons. The van der Waals surface area contributed by atoms with Crippen molar-refractivity contribution in [1.82, 2.24) is 10.2 Å². The number of nitrogens with one attached hydrogen (secondary N) is 1. The predicted octanol–water partition coefficient (Wildman–Crippen LogP) is 2.69. The van der Waals surface area contributed by atoms with Crippen LogP contribution in [0.1, 0.15) is 18.1 Å². The molecule has 0 saturated carbocycles. The van der Waals surface area contributed by atoms with E-state index in [0.717, 1.165) is 26.2 Å². The van der Waals surface area contributed by atoms with Crippen molar-refractivity contribution in [1.29, 1.82) is 0 Å². The highest BCUT2D eigenvalue weighted by atomic mass is 79.9. The first-order chi connectivity index (χ1) is 14.0. The molecule has 0 aliphatic rings. The third-order valence-electron chi connectivity index (χ3n) is 4.72. The van der Waals surface area contributed by atoms with Crippen molar-refractivity contribution in [2.75, 3.05) is 24.2 Å². The molecule has 2 rings (SSSR count). The zero-order valence-electron chi connectivity index (χ0n) is 17.4. The number of benzene rings is 2. The molecule has 0 saturated heterocycles. The summed E-state index contributed by atoms with van der Waals surface area (Å²) in [7, 11) is -2.23. The fourth-order valence-electron chi connectivity index (χ4n) is 2.97. The van der Waals surface area contributed by atoms with Gasteiger partial charge in [0.15, 0.2) is 0 Å². The number of anilines is 1. The number of rotatable bonds is 8. The van der Waals surface area contributed by atoms with E-state index in [1.165, 1.54) is 11.9 Å². The third kappa shape index (κ3) is 6.06. The van der Waals surface area contributed by atoms with Gasteiger partial charge < -0.3 is 10.2 Å². The number of sulfonamides is 1. The average molecular weight is 496 g/mol. The van der Waals surface area contributed by atoms with Gasteiger partial charge in [-0.1, -0.05) is 46.3 Å². The quantitative estimate of drug-likeness (QED) is 0.609. The second-order valence-electron chi connectivity index (χ2n) is 7.00. The number of amides is 2. The topological polar surface area (TPSA) is 86.8 Å². The van der Waals surface area contributed by atoms with Gasteiger partial charge in [0.1, 0.15) is 12.6 Å². The molecule has 0 aromatic heterocycles. The van der Waals surface area contributed by atoms with Crippen molar-refractivity contribution in [3.8, 4) is 0 Å². The molecule has 0 aliphatic carbocycles. The standard InChI is InChI=1S/C21H26BrN3O4S/c1-15-12-18(10-11-19(15)22)25(30(4,28)29)14-20(26)24(16(2)21(27)23-3)13-17-8-6-5-7-9-17/h5-12,16H,13-14H2,1-4H3,(H,23,27). The Labute approximate surface area is 186 Å². The molecule has 1 N–H and O–H groups in total. The first-order valence-corrected chi connectivity index (χ1v) is 12.0. The molecule has 2 aromatic carbocycles. The number of likely N-dealkylation sites (N-methyl/N-ethyl adjacent to an activating group) is 1. The molecular weight excluding hydrogens is 470 g/mol. The summed E-state index contributed by atoms with van der Waals surface area (Å²) < 4.78 is 26.8. The molecule has 2 aromatic rings. The van der Waals surface area contributed by atoms with Crippen molar-refractivity contribution in [2.24, 2.45) is 0 Å². The van der Waals surface area contributed by atoms with Gasteiger partial charge in [0, 0.05) is 18.1 Å². The van der Waals surface area contributed by atoms with E-state index in [4.69, 9.17) is 0 Å². The maximum Gasteiger partial charge on any atom is 0.244 e. The van der Waals surface area contributed by atoms with E-state index in [-0.39, 0.29) is 12.5 Å². The summed E-state index contributed by atoms with van der Waals surface area (Å²) >= 11 is 3.40. The number of halogens is 1. The lowest BCUT2D eigenvalue weighted by Crippen LogP contribution is -2.50. The van der Waals surface area contributed by atoms with Gasteiger partial charge >= 0.3 is 0 Å². The number of hydrogen-bond acceptors (Lipinski definition) is 4. The molecule has 0 spiro atoms. The van der Waals surface area contributed by atoms with Gasteiger partial charge in [-0.2, -0.15) is 0 Å². The van der Waals surface area contributed by atoms with Crippen LogP contribution in [0.5, 0.6) is 0 Å². The summed E-state index contributed by atoms with van der Waals surface area (Å²) in [5.41, 5.74) is 2.07. The van der Waals surface area contributed by atoms with E-state index in [2.05, 4.69) is 21.2 Å². The maximum atomic E-state index is 13.2. The largest absolute Gasteiger partial charge is 0.357 e. The van der Waals surface area contributed by atoms with E-state index >= 15 is 0 Å². The molecule has 1 unspecified atom stereocenters. The summed E-state index contributed by atoms with van der Waals surface area (Å²) in [6, 6.07) is 13.5. The minimum atomic E-state index is -3.73. The van der Waals surface area contributed by atoms with Crippen LogP contribution < -0.4 is 9.62 Å². The predicted molar refractivity (Wildman–Crippen MR) is 122 cm³/mol. The molecule has 0 bridgehead atoms. The van der Waals surface area contributed by atoms with Crippen LogP contribution in [0.25, 0.3) is 0 Å². The Bertz CT molecular complexity index is 1010. The van der Waals surface area contributed by atoms with Crippen molar-refractivity contribution in [3.05, 3.63) is 64.1 Å². The Morgan fingerprint density at radius 3 is 2.30 bits per heavy atom. The van der Waals surface area contributed by atoms with Crippen LogP contribution in [0.3, 0.4) is 0 Å². The number of carbonyl (C=O) groups excluding carboxylic acids is 2. The lowest BCUT2D eigenvalue weighted by atomic mass is 10.1. The van der Waals surface area contributed by atoms with E-state index in [9.17, 15) is 18.0 Å². The molecule has 0 aliphatic heterocycles. The second-order valence-corrected chi connectivity index (χ2v) is 9.76. The highest BCUT2D eigenvalue weighted by Gasteiger charge is 2.29.